The fourth-order valence-corrected chi connectivity index (χ4v) is 2.85. The molecule has 3 rings (SSSR count). The summed E-state index contributed by atoms with van der Waals surface area (Å²) in [6.45, 7) is 2.38. The Morgan fingerprint density at radius 1 is 1.16 bits per heavy atom. The molecule has 0 aliphatic rings. The quantitative estimate of drug-likeness (QED) is 0.719. The van der Waals surface area contributed by atoms with Gasteiger partial charge in [0.05, 0.1) is 30.9 Å². The molecule has 1 heterocycles. The molecule has 0 saturated carbocycles. The Morgan fingerprint density at radius 2 is 1.92 bits per heavy atom. The van der Waals surface area contributed by atoms with Gasteiger partial charge in [0.15, 0.2) is 0 Å². The lowest BCUT2D eigenvalue weighted by Crippen LogP contribution is -2.07. The second kappa shape index (κ2) is 7.40. The summed E-state index contributed by atoms with van der Waals surface area (Å²) in [5.41, 5.74) is 3.43. The summed E-state index contributed by atoms with van der Waals surface area (Å²) in [6, 6.07) is 14.9. The number of phenolic OH excluding ortho intramolecular Hbond substituents is 1. The molecule has 0 unspecified atom stereocenters. The van der Waals surface area contributed by atoms with Crippen LogP contribution in [0.3, 0.4) is 0 Å². The van der Waals surface area contributed by atoms with Crippen molar-refractivity contribution < 1.29 is 14.9 Å². The average Bonchev–Trinajstić information content (AvgIpc) is 3.04. The summed E-state index contributed by atoms with van der Waals surface area (Å²) in [6.07, 6.45) is 1.98. The number of aromatic nitrogens is 2. The molecular weight excluding hydrogens is 316 g/mol. The highest BCUT2D eigenvalue weighted by molar-refractivity contribution is 5.82. The zero-order valence-electron chi connectivity index (χ0n) is 14.4. The Bertz CT molecular complexity index is 841. The van der Waals surface area contributed by atoms with Crippen LogP contribution in [-0.4, -0.2) is 33.0 Å². The second-order valence-electron chi connectivity index (χ2n) is 6.02. The van der Waals surface area contributed by atoms with E-state index in [9.17, 15) is 10.2 Å². The number of aliphatic hydroxyl groups is 1. The number of nitrogens with zero attached hydrogens (tertiary/aromatic N) is 2. The predicted octanol–water partition coefficient (Wildman–Crippen LogP) is 3.70. The number of hydrogen-bond acceptors (Lipinski definition) is 4. The Balaban J connectivity index is 2.18. The molecule has 0 amide bonds. The van der Waals surface area contributed by atoms with E-state index in [1.54, 1.807) is 38.6 Å². The average molecular weight is 338 g/mol. The van der Waals surface area contributed by atoms with Crippen molar-refractivity contribution in [2.24, 2.45) is 0 Å². The van der Waals surface area contributed by atoms with Crippen LogP contribution >= 0.6 is 0 Å². The van der Waals surface area contributed by atoms with Gasteiger partial charge in [-0.05, 0) is 31.5 Å². The van der Waals surface area contributed by atoms with Gasteiger partial charge in [-0.2, -0.15) is 0 Å². The van der Waals surface area contributed by atoms with E-state index in [0.29, 0.717) is 18.7 Å². The first-order valence-corrected chi connectivity index (χ1v) is 8.26. The normalized spacial score (nSPS) is 12.1. The molecule has 0 aliphatic heterocycles. The molecule has 2 aromatic carbocycles. The van der Waals surface area contributed by atoms with Crippen molar-refractivity contribution in [1.29, 1.82) is 0 Å². The van der Waals surface area contributed by atoms with Crippen LogP contribution in [0.2, 0.25) is 0 Å². The van der Waals surface area contributed by atoms with Crippen LogP contribution in [0.25, 0.3) is 22.5 Å². The van der Waals surface area contributed by atoms with Crippen LogP contribution in [0.5, 0.6) is 11.5 Å². The molecule has 2 N–H and O–H groups in total. The van der Waals surface area contributed by atoms with E-state index >= 15 is 0 Å². The summed E-state index contributed by atoms with van der Waals surface area (Å²) >= 11 is 0. The molecule has 25 heavy (non-hydrogen) atoms. The Labute approximate surface area is 147 Å². The van der Waals surface area contributed by atoms with Gasteiger partial charge in [-0.15, -0.1) is 0 Å². The van der Waals surface area contributed by atoms with Crippen molar-refractivity contribution in [3.05, 3.63) is 54.9 Å². The van der Waals surface area contributed by atoms with Crippen LogP contribution in [0.15, 0.2) is 54.9 Å². The van der Waals surface area contributed by atoms with Gasteiger partial charge in [0.1, 0.15) is 11.5 Å². The van der Waals surface area contributed by atoms with E-state index in [4.69, 9.17) is 4.74 Å². The van der Waals surface area contributed by atoms with Crippen LogP contribution in [0.1, 0.15) is 13.3 Å². The largest absolute Gasteiger partial charge is 0.508 e. The third kappa shape index (κ3) is 3.67. The van der Waals surface area contributed by atoms with Crippen LogP contribution in [0.4, 0.5) is 0 Å². The minimum absolute atomic E-state index is 0.165. The summed E-state index contributed by atoms with van der Waals surface area (Å²) in [4.78, 5) is 4.59. The van der Waals surface area contributed by atoms with Crippen molar-refractivity contribution in [3.63, 3.8) is 0 Å². The Kier molecular flexibility index (Phi) is 5.05. The number of aliphatic hydroxyl groups excluding tert-OH is 1. The number of aromatic hydroxyl groups is 1. The topological polar surface area (TPSA) is 67.5 Å². The van der Waals surface area contributed by atoms with Crippen LogP contribution in [-0.2, 0) is 6.54 Å². The van der Waals surface area contributed by atoms with E-state index in [-0.39, 0.29) is 5.75 Å². The maximum atomic E-state index is 9.98. The fourth-order valence-electron chi connectivity index (χ4n) is 2.85. The van der Waals surface area contributed by atoms with Crippen molar-refractivity contribution in [2.75, 3.05) is 7.11 Å². The van der Waals surface area contributed by atoms with Crippen LogP contribution in [0, 0.1) is 0 Å². The van der Waals surface area contributed by atoms with E-state index in [1.807, 2.05) is 34.9 Å². The monoisotopic (exact) mass is 338 g/mol. The molecule has 0 aliphatic carbocycles. The fraction of sp³-hybridized carbons (Fsp3) is 0.250. The Hall–Kier alpha value is -2.79. The summed E-state index contributed by atoms with van der Waals surface area (Å²) in [7, 11) is 1.61. The van der Waals surface area contributed by atoms with E-state index in [0.717, 1.165) is 22.5 Å². The number of rotatable bonds is 6. The number of benzene rings is 2. The molecule has 1 atom stereocenters. The molecule has 0 fully saturated rings. The first kappa shape index (κ1) is 17.0. The van der Waals surface area contributed by atoms with Gasteiger partial charge in [0, 0.05) is 17.7 Å². The molecule has 0 bridgehead atoms. The highest BCUT2D eigenvalue weighted by Crippen LogP contribution is 2.38. The lowest BCUT2D eigenvalue weighted by Gasteiger charge is -2.15. The number of imidazole rings is 1. The Morgan fingerprint density at radius 3 is 2.60 bits per heavy atom. The minimum atomic E-state index is -0.401. The minimum Gasteiger partial charge on any atom is -0.508 e. The van der Waals surface area contributed by atoms with Crippen molar-refractivity contribution in [1.82, 2.24) is 9.55 Å². The highest BCUT2D eigenvalue weighted by atomic mass is 16.5. The number of phenols is 1. The molecule has 0 radical (unpaired) electrons. The summed E-state index contributed by atoms with van der Waals surface area (Å²) < 4.78 is 7.49. The molecule has 5 nitrogen and oxygen atoms in total. The first-order valence-electron chi connectivity index (χ1n) is 8.26. The van der Waals surface area contributed by atoms with E-state index < -0.39 is 6.10 Å². The molecule has 1 aromatic heterocycles. The zero-order valence-corrected chi connectivity index (χ0v) is 14.4. The van der Waals surface area contributed by atoms with Gasteiger partial charge in [-0.25, -0.2) is 4.98 Å². The highest BCUT2D eigenvalue weighted by Gasteiger charge is 2.19. The SMILES string of the molecule is COc1ccc(O)cc1-c1c(-c2ccccc2)ncn1CC[C@H](C)O. The molecule has 5 heteroatoms. The van der Waals surface area contributed by atoms with E-state index in [2.05, 4.69) is 4.98 Å². The smallest absolute Gasteiger partial charge is 0.128 e. The van der Waals surface area contributed by atoms with Gasteiger partial charge < -0.3 is 19.5 Å². The summed E-state index contributed by atoms with van der Waals surface area (Å²) in [5, 5.41) is 19.6. The van der Waals surface area contributed by atoms with Gasteiger partial charge >= 0.3 is 0 Å². The molecule has 3 aromatic rings. The molecular formula is C20H22N2O3. The van der Waals surface area contributed by atoms with Gasteiger partial charge in [0.2, 0.25) is 0 Å². The van der Waals surface area contributed by atoms with Crippen molar-refractivity contribution in [2.45, 2.75) is 26.0 Å². The third-order valence-electron chi connectivity index (χ3n) is 4.11. The first-order chi connectivity index (χ1) is 12.1. The second-order valence-corrected chi connectivity index (χ2v) is 6.02. The van der Waals surface area contributed by atoms with Gasteiger partial charge in [-0.3, -0.25) is 0 Å². The zero-order chi connectivity index (χ0) is 17.8. The molecule has 130 valence electrons. The summed E-state index contributed by atoms with van der Waals surface area (Å²) in [5.74, 6) is 0.826. The number of ether oxygens (including phenoxy) is 1. The maximum Gasteiger partial charge on any atom is 0.128 e. The molecule has 0 saturated heterocycles. The lowest BCUT2D eigenvalue weighted by molar-refractivity contribution is 0.178. The van der Waals surface area contributed by atoms with E-state index in [1.165, 1.54) is 0 Å². The van der Waals surface area contributed by atoms with Gasteiger partial charge in [0.25, 0.3) is 0 Å². The van der Waals surface area contributed by atoms with Gasteiger partial charge in [-0.1, -0.05) is 30.3 Å². The van der Waals surface area contributed by atoms with Crippen molar-refractivity contribution >= 4 is 0 Å². The number of aryl methyl sites for hydroxylation is 1. The third-order valence-corrected chi connectivity index (χ3v) is 4.11. The molecule has 0 spiro atoms. The number of methoxy groups -OCH3 is 1. The van der Waals surface area contributed by atoms with Crippen LogP contribution < -0.4 is 4.74 Å². The standard InChI is InChI=1S/C20H22N2O3/c1-14(23)10-11-22-13-21-19(15-6-4-3-5-7-15)20(22)17-12-16(24)8-9-18(17)25-2/h3-9,12-14,23-24H,10-11H2,1-2H3/t14-/m0/s1. The van der Waals surface area contributed by atoms with Crippen molar-refractivity contribution in [3.8, 4) is 34.0 Å². The number of hydrogen-bond donors (Lipinski definition) is 2. The lowest BCUT2D eigenvalue weighted by atomic mass is 10.0. The predicted molar refractivity (Wildman–Crippen MR) is 97.6 cm³/mol. The maximum absolute atomic E-state index is 9.98.